The van der Waals surface area contributed by atoms with Crippen LogP contribution in [-0.4, -0.2) is 51.3 Å². The van der Waals surface area contributed by atoms with E-state index in [0.29, 0.717) is 68.4 Å². The van der Waals surface area contributed by atoms with Crippen molar-refractivity contribution in [1.82, 2.24) is 19.2 Å². The molecule has 0 unspecified atom stereocenters. The van der Waals surface area contributed by atoms with Crippen LogP contribution >= 0.6 is 23.2 Å². The zero-order valence-corrected chi connectivity index (χ0v) is 29.5. The van der Waals surface area contributed by atoms with E-state index >= 15 is 0 Å². The number of hydrogen-bond donors (Lipinski definition) is 0. The molecule has 0 bridgehead atoms. The molecule has 0 N–H and O–H groups in total. The van der Waals surface area contributed by atoms with Gasteiger partial charge in [-0.05, 0) is 99.9 Å². The van der Waals surface area contributed by atoms with E-state index in [9.17, 15) is 9.59 Å². The number of benzene rings is 3. The molecule has 0 aliphatic carbocycles. The number of fused-ring (bicyclic) bond motifs is 3. The lowest BCUT2D eigenvalue weighted by Crippen LogP contribution is -2.33. The molecule has 0 saturated carbocycles. The van der Waals surface area contributed by atoms with E-state index in [-0.39, 0.29) is 5.91 Å². The second-order valence-electron chi connectivity index (χ2n) is 12.5. The Morgan fingerprint density at radius 1 is 0.958 bits per heavy atom. The molecule has 0 atom stereocenters. The van der Waals surface area contributed by atoms with E-state index in [0.717, 1.165) is 72.9 Å². The van der Waals surface area contributed by atoms with E-state index in [1.54, 1.807) is 6.07 Å². The number of nitrogens with zero attached hydrogens (tertiary/aromatic N) is 4. The van der Waals surface area contributed by atoms with Crippen LogP contribution in [0.2, 0.25) is 10.0 Å². The molecule has 1 aliphatic heterocycles. The lowest BCUT2D eigenvalue weighted by atomic mass is 9.98. The number of carbonyl (C=O) groups excluding carboxylic acids is 2. The largest absolute Gasteiger partial charge is 0.494 e. The van der Waals surface area contributed by atoms with Gasteiger partial charge in [0.05, 0.1) is 22.8 Å². The molecule has 1 aliphatic rings. The van der Waals surface area contributed by atoms with Crippen molar-refractivity contribution < 1.29 is 19.1 Å². The number of ether oxygens (including phenoxy) is 2. The Balaban J connectivity index is 1.39. The molecule has 2 aromatic heterocycles. The first-order valence-corrected chi connectivity index (χ1v) is 17.1. The van der Waals surface area contributed by atoms with Crippen molar-refractivity contribution in [3.05, 3.63) is 97.9 Å². The van der Waals surface area contributed by atoms with Crippen LogP contribution in [0.5, 0.6) is 11.5 Å². The Labute approximate surface area is 291 Å². The highest BCUT2D eigenvalue weighted by Crippen LogP contribution is 2.43. The zero-order valence-electron chi connectivity index (χ0n) is 28.0. The maximum Gasteiger partial charge on any atom is 0.298 e. The number of rotatable bonds is 11. The van der Waals surface area contributed by atoms with Crippen LogP contribution in [0.1, 0.15) is 57.0 Å². The summed E-state index contributed by atoms with van der Waals surface area (Å²) in [4.78, 5) is 27.6. The van der Waals surface area contributed by atoms with Gasteiger partial charge in [-0.3, -0.25) is 14.3 Å². The van der Waals surface area contributed by atoms with Crippen molar-refractivity contribution >= 4 is 46.5 Å². The number of carbonyl (C=O) groups is 2. The predicted molar refractivity (Wildman–Crippen MR) is 191 cm³/mol. The Bertz CT molecular complexity index is 2010. The van der Waals surface area contributed by atoms with Gasteiger partial charge in [-0.15, -0.1) is 0 Å². The van der Waals surface area contributed by atoms with Gasteiger partial charge in [-0.25, -0.2) is 0 Å². The van der Waals surface area contributed by atoms with Gasteiger partial charge in [0, 0.05) is 53.9 Å². The minimum absolute atomic E-state index is 0.0148. The standard InChI is InChI=1S/C38H40Cl2N4O4/c1-23-20-28(21-24(2)35(23)40)47-19-8-11-29-30-13-14-31(39)34(33-25(3)41-42(5)26(33)4)36(30)44-17-9-16-43(38(46)37(29)44)18-15-27-10-6-7-12-32(27)48-22-45/h6-7,10,12-14,20-22H,8-9,11,15-19H2,1-5H3. The fourth-order valence-corrected chi connectivity index (χ4v) is 7.39. The number of aromatic nitrogens is 3. The second kappa shape index (κ2) is 14.1. The van der Waals surface area contributed by atoms with Crippen molar-refractivity contribution in [2.75, 3.05) is 19.7 Å². The normalized spacial score (nSPS) is 13.1. The summed E-state index contributed by atoms with van der Waals surface area (Å²) in [7, 11) is 1.94. The van der Waals surface area contributed by atoms with Crippen LogP contribution in [0.3, 0.4) is 0 Å². The van der Waals surface area contributed by atoms with Gasteiger partial charge in [0.2, 0.25) is 0 Å². The Morgan fingerprint density at radius 3 is 2.42 bits per heavy atom. The summed E-state index contributed by atoms with van der Waals surface area (Å²) in [6.07, 6.45) is 2.69. The highest BCUT2D eigenvalue weighted by atomic mass is 35.5. The SMILES string of the molecule is Cc1cc(OCCCc2c3n(c4c(-c5c(C)nn(C)c5C)c(Cl)ccc24)CCCN(CCc2ccccc2OC=O)C3=O)cc(C)c1Cl. The topological polar surface area (TPSA) is 78.6 Å². The highest BCUT2D eigenvalue weighted by Gasteiger charge is 2.31. The molecular formula is C38H40Cl2N4O4. The monoisotopic (exact) mass is 686 g/mol. The van der Waals surface area contributed by atoms with Crippen molar-refractivity contribution in [2.24, 2.45) is 7.05 Å². The fraction of sp³-hybridized carbons (Fsp3) is 0.342. The molecule has 250 valence electrons. The van der Waals surface area contributed by atoms with Crippen LogP contribution < -0.4 is 9.47 Å². The van der Waals surface area contributed by atoms with Gasteiger partial charge in [-0.2, -0.15) is 5.10 Å². The van der Waals surface area contributed by atoms with E-state index in [1.165, 1.54) is 0 Å². The number of para-hydroxylation sites is 1. The summed E-state index contributed by atoms with van der Waals surface area (Å²) in [6, 6.07) is 15.4. The Kier molecular flexibility index (Phi) is 9.85. The number of hydrogen-bond acceptors (Lipinski definition) is 5. The second-order valence-corrected chi connectivity index (χ2v) is 13.3. The Hall–Kier alpha value is -4.27. The summed E-state index contributed by atoms with van der Waals surface area (Å²) in [5.74, 6) is 1.28. The summed E-state index contributed by atoms with van der Waals surface area (Å²) in [5, 5.41) is 7.10. The Morgan fingerprint density at radius 2 is 1.71 bits per heavy atom. The van der Waals surface area contributed by atoms with Crippen LogP contribution in [0.4, 0.5) is 0 Å². The summed E-state index contributed by atoms with van der Waals surface area (Å²) in [6.45, 7) is 10.7. The first-order chi connectivity index (χ1) is 23.1. The molecule has 6 rings (SSSR count). The van der Waals surface area contributed by atoms with Crippen LogP contribution in [-0.2, 0) is 31.2 Å². The first kappa shape index (κ1) is 33.6. The third kappa shape index (κ3) is 6.31. The maximum absolute atomic E-state index is 14.6. The third-order valence-corrected chi connectivity index (χ3v) is 10.3. The van der Waals surface area contributed by atoms with E-state index in [2.05, 4.69) is 10.6 Å². The lowest BCUT2D eigenvalue weighted by molar-refractivity contribution is -0.120. The summed E-state index contributed by atoms with van der Waals surface area (Å²) < 4.78 is 15.5. The van der Waals surface area contributed by atoms with Crippen molar-refractivity contribution in [2.45, 2.75) is 59.9 Å². The van der Waals surface area contributed by atoms with E-state index in [4.69, 9.17) is 37.8 Å². The predicted octanol–water partition coefficient (Wildman–Crippen LogP) is 8.22. The molecule has 3 heterocycles. The smallest absolute Gasteiger partial charge is 0.298 e. The summed E-state index contributed by atoms with van der Waals surface area (Å²) in [5.41, 5.74) is 9.31. The van der Waals surface area contributed by atoms with Crippen LogP contribution in [0.15, 0.2) is 48.5 Å². The van der Waals surface area contributed by atoms with Gasteiger partial charge in [0.1, 0.15) is 17.2 Å². The quantitative estimate of drug-likeness (QED) is 0.103. The maximum atomic E-state index is 14.6. The lowest BCUT2D eigenvalue weighted by Gasteiger charge is -2.21. The molecule has 48 heavy (non-hydrogen) atoms. The highest BCUT2D eigenvalue weighted by molar-refractivity contribution is 6.35. The number of halogens is 2. The molecule has 3 aromatic carbocycles. The van der Waals surface area contributed by atoms with E-state index < -0.39 is 0 Å². The molecule has 5 aromatic rings. The van der Waals surface area contributed by atoms with Gasteiger partial charge < -0.3 is 18.9 Å². The van der Waals surface area contributed by atoms with Gasteiger partial charge in [0.25, 0.3) is 12.4 Å². The van der Waals surface area contributed by atoms with Crippen molar-refractivity contribution in [1.29, 1.82) is 0 Å². The van der Waals surface area contributed by atoms with Gasteiger partial charge in [-0.1, -0.05) is 47.5 Å². The summed E-state index contributed by atoms with van der Waals surface area (Å²) >= 11 is 13.4. The molecule has 8 nitrogen and oxygen atoms in total. The average Bonchev–Trinajstić information content (AvgIpc) is 3.43. The molecule has 1 amide bonds. The van der Waals surface area contributed by atoms with Gasteiger partial charge >= 0.3 is 0 Å². The van der Waals surface area contributed by atoms with Crippen molar-refractivity contribution in [3.8, 4) is 22.6 Å². The molecular weight excluding hydrogens is 647 g/mol. The first-order valence-electron chi connectivity index (χ1n) is 16.3. The minimum Gasteiger partial charge on any atom is -0.494 e. The molecule has 0 radical (unpaired) electrons. The fourth-order valence-electron chi connectivity index (χ4n) is 7.03. The molecule has 0 spiro atoms. The van der Waals surface area contributed by atoms with Crippen LogP contribution in [0, 0.1) is 27.7 Å². The minimum atomic E-state index is -0.0148. The number of aryl methyl sites for hydroxylation is 6. The number of amides is 1. The zero-order chi connectivity index (χ0) is 34.1. The van der Waals surface area contributed by atoms with Crippen LogP contribution in [0.25, 0.3) is 22.0 Å². The third-order valence-electron chi connectivity index (χ3n) is 9.38. The molecule has 0 fully saturated rings. The average molecular weight is 688 g/mol. The van der Waals surface area contributed by atoms with Gasteiger partial charge in [0.15, 0.2) is 0 Å². The van der Waals surface area contributed by atoms with E-state index in [1.807, 2.05) is 80.7 Å². The van der Waals surface area contributed by atoms with Crippen molar-refractivity contribution in [3.63, 3.8) is 0 Å². The molecule has 0 saturated heterocycles. The molecule has 10 heteroatoms.